The number of halogens is 2. The Morgan fingerprint density at radius 3 is 2.43 bits per heavy atom. The normalized spacial score (nSPS) is 20.7. The Balaban J connectivity index is 1.87. The minimum absolute atomic E-state index is 0.164. The predicted molar refractivity (Wildman–Crippen MR) is 90.6 cm³/mol. The van der Waals surface area contributed by atoms with E-state index in [9.17, 15) is 14.7 Å². The molecule has 1 aliphatic heterocycles. The molecule has 1 aliphatic rings. The molecular weight excluding hydrogens is 357 g/mol. The van der Waals surface area contributed by atoms with Gasteiger partial charge >= 0.3 is 5.97 Å². The van der Waals surface area contributed by atoms with E-state index in [-0.39, 0.29) is 18.4 Å². The van der Waals surface area contributed by atoms with Gasteiger partial charge in [0.2, 0.25) is 0 Å². The molecule has 1 amide bonds. The Kier molecular flexibility index (Phi) is 4.62. The summed E-state index contributed by atoms with van der Waals surface area (Å²) < 4.78 is 0.766. The van der Waals surface area contributed by atoms with Gasteiger partial charge in [-0.25, -0.2) is 0 Å². The summed E-state index contributed by atoms with van der Waals surface area (Å²) in [4.78, 5) is 25.7. The van der Waals surface area contributed by atoms with Crippen LogP contribution in [0.3, 0.4) is 0 Å². The van der Waals surface area contributed by atoms with E-state index in [1.165, 1.54) is 6.07 Å². The van der Waals surface area contributed by atoms with Gasteiger partial charge in [0.1, 0.15) is 4.34 Å². The van der Waals surface area contributed by atoms with Crippen molar-refractivity contribution in [3.05, 3.63) is 56.2 Å². The summed E-state index contributed by atoms with van der Waals surface area (Å²) in [5, 5.41) is 9.49. The topological polar surface area (TPSA) is 57.6 Å². The first-order valence-electron chi connectivity index (χ1n) is 6.99. The van der Waals surface area contributed by atoms with Gasteiger partial charge in [-0.2, -0.15) is 0 Å². The van der Waals surface area contributed by atoms with Gasteiger partial charge in [-0.3, -0.25) is 9.59 Å². The summed E-state index contributed by atoms with van der Waals surface area (Å²) in [6.45, 7) is 0.515. The quantitative estimate of drug-likeness (QED) is 0.889. The first kappa shape index (κ1) is 16.3. The Bertz CT molecular complexity index is 747. The van der Waals surface area contributed by atoms with Gasteiger partial charge < -0.3 is 10.0 Å². The third-order valence-electron chi connectivity index (χ3n) is 4.04. The van der Waals surface area contributed by atoms with Crippen molar-refractivity contribution in [1.29, 1.82) is 0 Å². The molecule has 23 heavy (non-hydrogen) atoms. The number of aliphatic carboxylic acids is 1. The first-order chi connectivity index (χ1) is 11.0. The minimum atomic E-state index is -0.899. The van der Waals surface area contributed by atoms with E-state index in [0.29, 0.717) is 20.8 Å². The van der Waals surface area contributed by atoms with Gasteiger partial charge in [0.15, 0.2) is 0 Å². The van der Waals surface area contributed by atoms with Crippen molar-refractivity contribution < 1.29 is 14.7 Å². The number of hydrogen-bond acceptors (Lipinski definition) is 3. The summed E-state index contributed by atoms with van der Waals surface area (Å²) in [5.74, 6) is -2.04. The second-order valence-electron chi connectivity index (χ2n) is 5.41. The van der Waals surface area contributed by atoms with E-state index >= 15 is 0 Å². The van der Waals surface area contributed by atoms with Crippen LogP contribution in [0, 0.1) is 5.92 Å². The molecule has 2 aromatic rings. The van der Waals surface area contributed by atoms with Crippen LogP contribution in [0.2, 0.25) is 8.67 Å². The number of likely N-dealkylation sites (tertiary alicyclic amines) is 1. The van der Waals surface area contributed by atoms with E-state index in [1.807, 2.05) is 30.3 Å². The average Bonchev–Trinajstić information content (AvgIpc) is 3.11. The zero-order chi connectivity index (χ0) is 16.6. The van der Waals surface area contributed by atoms with Crippen molar-refractivity contribution in [2.24, 2.45) is 5.92 Å². The molecule has 0 spiro atoms. The van der Waals surface area contributed by atoms with Gasteiger partial charge in [-0.15, -0.1) is 11.3 Å². The fourth-order valence-electron chi connectivity index (χ4n) is 2.91. The van der Waals surface area contributed by atoms with Crippen molar-refractivity contribution in [2.75, 3.05) is 13.1 Å². The Morgan fingerprint density at radius 2 is 1.87 bits per heavy atom. The lowest BCUT2D eigenvalue weighted by Gasteiger charge is -2.16. The number of carbonyl (C=O) groups is 2. The molecule has 0 aliphatic carbocycles. The van der Waals surface area contributed by atoms with E-state index in [2.05, 4.69) is 0 Å². The molecular formula is C16H13Cl2NO3S. The van der Waals surface area contributed by atoms with Crippen LogP contribution >= 0.6 is 34.5 Å². The van der Waals surface area contributed by atoms with Crippen molar-refractivity contribution >= 4 is 46.4 Å². The molecule has 1 fully saturated rings. The van der Waals surface area contributed by atoms with Crippen molar-refractivity contribution in [1.82, 2.24) is 4.90 Å². The second-order valence-corrected chi connectivity index (χ2v) is 7.70. The van der Waals surface area contributed by atoms with Gasteiger partial charge in [-0.1, -0.05) is 53.5 Å². The van der Waals surface area contributed by atoms with E-state index in [1.54, 1.807) is 4.90 Å². The number of thiophene rings is 1. The van der Waals surface area contributed by atoms with E-state index < -0.39 is 11.9 Å². The molecule has 1 aromatic carbocycles. The van der Waals surface area contributed by atoms with Crippen LogP contribution in [-0.2, 0) is 4.79 Å². The fraction of sp³-hybridized carbons (Fsp3) is 0.250. The molecule has 0 bridgehead atoms. The molecule has 1 aromatic heterocycles. The number of rotatable bonds is 3. The van der Waals surface area contributed by atoms with E-state index in [4.69, 9.17) is 23.2 Å². The Hall–Kier alpha value is -1.56. The molecule has 2 atom stereocenters. The van der Waals surface area contributed by atoms with Crippen LogP contribution in [-0.4, -0.2) is 35.0 Å². The maximum absolute atomic E-state index is 12.6. The van der Waals surface area contributed by atoms with Gasteiger partial charge in [0, 0.05) is 19.0 Å². The zero-order valence-corrected chi connectivity index (χ0v) is 14.2. The summed E-state index contributed by atoms with van der Waals surface area (Å²) in [6, 6.07) is 10.9. The number of hydrogen-bond donors (Lipinski definition) is 1. The van der Waals surface area contributed by atoms with Crippen LogP contribution < -0.4 is 0 Å². The first-order valence-corrected chi connectivity index (χ1v) is 8.56. The molecule has 4 nitrogen and oxygen atoms in total. The summed E-state index contributed by atoms with van der Waals surface area (Å²) >= 11 is 13.1. The molecule has 1 saturated heterocycles. The number of benzene rings is 1. The van der Waals surface area contributed by atoms with Crippen LogP contribution in [0.1, 0.15) is 21.8 Å². The summed E-state index contributed by atoms with van der Waals surface area (Å²) in [7, 11) is 0. The van der Waals surface area contributed by atoms with E-state index in [0.717, 1.165) is 16.9 Å². The molecule has 1 N–H and O–H groups in total. The molecule has 2 heterocycles. The monoisotopic (exact) mass is 369 g/mol. The predicted octanol–water partition coefficient (Wildman–Crippen LogP) is 4.00. The van der Waals surface area contributed by atoms with Crippen molar-refractivity contribution in [3.63, 3.8) is 0 Å². The molecule has 7 heteroatoms. The third-order valence-corrected chi connectivity index (χ3v) is 5.53. The standard InChI is InChI=1S/C16H13Cl2NO3S/c17-13-6-10(14(18)23-13)15(20)19-7-11(12(8-19)16(21)22)9-4-2-1-3-5-9/h1-6,11-12H,7-8H2,(H,21,22). The van der Waals surface area contributed by atoms with Gasteiger partial charge in [0.05, 0.1) is 15.8 Å². The second kappa shape index (κ2) is 6.51. The fourth-order valence-corrected chi connectivity index (χ4v) is 4.36. The maximum Gasteiger partial charge on any atom is 0.308 e. The average molecular weight is 370 g/mol. The Labute approximate surface area is 147 Å². The summed E-state index contributed by atoms with van der Waals surface area (Å²) in [5.41, 5.74) is 1.25. The number of amides is 1. The van der Waals surface area contributed by atoms with Gasteiger partial charge in [0.25, 0.3) is 5.91 Å². The SMILES string of the molecule is O=C(O)C1CN(C(=O)c2cc(Cl)sc2Cl)CC1c1ccccc1. The third kappa shape index (κ3) is 3.22. The number of carboxylic acid groups (broad SMARTS) is 1. The molecule has 0 saturated carbocycles. The van der Waals surface area contributed by atoms with Crippen molar-refractivity contribution in [3.8, 4) is 0 Å². The van der Waals surface area contributed by atoms with Crippen LogP contribution in [0.25, 0.3) is 0 Å². The molecule has 3 rings (SSSR count). The maximum atomic E-state index is 12.6. The lowest BCUT2D eigenvalue weighted by Crippen LogP contribution is -2.29. The largest absolute Gasteiger partial charge is 0.481 e. The molecule has 120 valence electrons. The van der Waals surface area contributed by atoms with Crippen LogP contribution in [0.4, 0.5) is 0 Å². The lowest BCUT2D eigenvalue weighted by molar-refractivity contribution is -0.141. The summed E-state index contributed by atoms with van der Waals surface area (Å²) in [6.07, 6.45) is 0. The van der Waals surface area contributed by atoms with Crippen LogP contribution in [0.5, 0.6) is 0 Å². The number of carboxylic acids is 1. The highest BCUT2D eigenvalue weighted by atomic mass is 35.5. The zero-order valence-electron chi connectivity index (χ0n) is 11.9. The lowest BCUT2D eigenvalue weighted by atomic mass is 9.89. The Morgan fingerprint density at radius 1 is 1.17 bits per heavy atom. The number of nitrogens with zero attached hydrogens (tertiary/aromatic N) is 1. The number of carbonyl (C=O) groups excluding carboxylic acids is 1. The molecule has 2 unspecified atom stereocenters. The van der Waals surface area contributed by atoms with Crippen LogP contribution in [0.15, 0.2) is 36.4 Å². The smallest absolute Gasteiger partial charge is 0.308 e. The molecule has 0 radical (unpaired) electrons. The minimum Gasteiger partial charge on any atom is -0.481 e. The van der Waals surface area contributed by atoms with Crippen molar-refractivity contribution in [2.45, 2.75) is 5.92 Å². The highest BCUT2D eigenvalue weighted by Crippen LogP contribution is 2.36. The highest BCUT2D eigenvalue weighted by Gasteiger charge is 2.41. The highest BCUT2D eigenvalue weighted by molar-refractivity contribution is 7.20. The van der Waals surface area contributed by atoms with Gasteiger partial charge in [-0.05, 0) is 11.6 Å².